The highest BCUT2D eigenvalue weighted by Gasteiger charge is 2.23. The van der Waals surface area contributed by atoms with Crippen molar-refractivity contribution in [2.24, 2.45) is 0 Å². The number of hydrogen-bond donors (Lipinski definition) is 1. The van der Waals surface area contributed by atoms with Gasteiger partial charge in [0.1, 0.15) is 12.3 Å². The number of rotatable bonds is 5. The van der Waals surface area contributed by atoms with E-state index in [1.807, 2.05) is 30.3 Å². The molecule has 31 heavy (non-hydrogen) atoms. The molecule has 1 N–H and O–H groups in total. The van der Waals surface area contributed by atoms with Gasteiger partial charge in [-0.15, -0.1) is 5.10 Å². The van der Waals surface area contributed by atoms with E-state index in [-0.39, 0.29) is 18.1 Å². The van der Waals surface area contributed by atoms with Crippen LogP contribution in [0.2, 0.25) is 0 Å². The van der Waals surface area contributed by atoms with Crippen LogP contribution in [0.5, 0.6) is 5.75 Å². The van der Waals surface area contributed by atoms with Gasteiger partial charge in [0.25, 0.3) is 0 Å². The molecule has 0 radical (unpaired) electrons. The molecule has 0 saturated carbocycles. The Morgan fingerprint density at radius 2 is 1.84 bits per heavy atom. The summed E-state index contributed by atoms with van der Waals surface area (Å²) in [7, 11) is 1.54. The van der Waals surface area contributed by atoms with Crippen molar-refractivity contribution in [3.05, 3.63) is 59.0 Å². The number of hydrogen-bond acceptors (Lipinski definition) is 6. The quantitative estimate of drug-likeness (QED) is 0.535. The highest BCUT2D eigenvalue weighted by Crippen LogP contribution is 2.26. The van der Waals surface area contributed by atoms with Crippen LogP contribution in [-0.4, -0.2) is 45.3 Å². The smallest absolute Gasteiger partial charge is 0.351 e. The van der Waals surface area contributed by atoms with Gasteiger partial charge in [0.05, 0.1) is 23.8 Å². The van der Waals surface area contributed by atoms with Crippen molar-refractivity contribution in [1.82, 2.24) is 19.2 Å². The Kier molecular flexibility index (Phi) is 4.78. The molecule has 0 aliphatic carbocycles. The maximum Gasteiger partial charge on any atom is 0.351 e. The third-order valence-electron chi connectivity index (χ3n) is 5.47. The van der Waals surface area contributed by atoms with Gasteiger partial charge in [-0.25, -0.2) is 18.9 Å². The van der Waals surface area contributed by atoms with E-state index >= 15 is 0 Å². The molecule has 3 heterocycles. The summed E-state index contributed by atoms with van der Waals surface area (Å²) in [6.07, 6.45) is 2.15. The molecule has 9 nitrogen and oxygen atoms in total. The third kappa shape index (κ3) is 3.37. The highest BCUT2D eigenvalue weighted by atomic mass is 16.5. The summed E-state index contributed by atoms with van der Waals surface area (Å²) in [5.41, 5.74) is 2.02. The average molecular weight is 418 g/mol. The molecule has 1 amide bonds. The Morgan fingerprint density at radius 3 is 2.65 bits per heavy atom. The molecule has 2 aromatic heterocycles. The van der Waals surface area contributed by atoms with Crippen LogP contribution in [-0.2, 0) is 11.3 Å². The maximum absolute atomic E-state index is 13.2. The summed E-state index contributed by atoms with van der Waals surface area (Å²) in [6.45, 7) is 1.53. The molecule has 1 saturated heterocycles. The predicted molar refractivity (Wildman–Crippen MR) is 118 cm³/mol. The predicted octanol–water partition coefficient (Wildman–Crippen LogP) is 2.29. The van der Waals surface area contributed by atoms with Gasteiger partial charge in [-0.3, -0.25) is 4.79 Å². The first-order chi connectivity index (χ1) is 15.2. The molecule has 1 fully saturated rings. The summed E-state index contributed by atoms with van der Waals surface area (Å²) >= 11 is 0. The normalized spacial score (nSPS) is 13.8. The monoisotopic (exact) mass is 418 g/mol. The number of methoxy groups -OCH3 is 1. The fourth-order valence-corrected chi connectivity index (χ4v) is 4.00. The molecule has 158 valence electrons. The minimum absolute atomic E-state index is 0.216. The van der Waals surface area contributed by atoms with Crippen molar-refractivity contribution in [1.29, 1.82) is 0 Å². The lowest BCUT2D eigenvalue weighted by Crippen LogP contribution is -2.28. The number of nitrogens with zero attached hydrogens (tertiary/aromatic N) is 5. The van der Waals surface area contributed by atoms with Gasteiger partial charge in [0, 0.05) is 13.1 Å². The molecule has 1 aliphatic heterocycles. The van der Waals surface area contributed by atoms with Crippen LogP contribution in [0.4, 0.5) is 11.5 Å². The molecule has 0 atom stereocenters. The van der Waals surface area contributed by atoms with Crippen LogP contribution in [0, 0.1) is 0 Å². The van der Waals surface area contributed by atoms with Crippen LogP contribution in [0.15, 0.2) is 53.3 Å². The van der Waals surface area contributed by atoms with E-state index in [9.17, 15) is 9.59 Å². The number of fused-ring (bicyclic) bond motifs is 3. The Bertz CT molecular complexity index is 1340. The second-order valence-electron chi connectivity index (χ2n) is 7.47. The van der Waals surface area contributed by atoms with E-state index in [4.69, 9.17) is 9.72 Å². The van der Waals surface area contributed by atoms with Gasteiger partial charge in [0.15, 0.2) is 5.82 Å². The minimum atomic E-state index is -0.371. The lowest BCUT2D eigenvalue weighted by Gasteiger charge is -2.17. The van der Waals surface area contributed by atoms with Crippen molar-refractivity contribution >= 4 is 34.1 Å². The van der Waals surface area contributed by atoms with Crippen molar-refractivity contribution in [3.63, 3.8) is 0 Å². The van der Waals surface area contributed by atoms with Crippen LogP contribution in [0.1, 0.15) is 12.8 Å². The van der Waals surface area contributed by atoms with Crippen LogP contribution < -0.4 is 20.6 Å². The average Bonchev–Trinajstić information content (AvgIpc) is 3.43. The van der Waals surface area contributed by atoms with Crippen LogP contribution in [0.3, 0.4) is 0 Å². The number of anilines is 2. The maximum atomic E-state index is 13.2. The van der Waals surface area contributed by atoms with E-state index in [0.29, 0.717) is 28.4 Å². The molecule has 0 spiro atoms. The fraction of sp³-hybridized carbons (Fsp3) is 0.273. The number of amides is 1. The van der Waals surface area contributed by atoms with E-state index in [0.717, 1.165) is 31.4 Å². The minimum Gasteiger partial charge on any atom is -0.495 e. The lowest BCUT2D eigenvalue weighted by atomic mass is 10.3. The first-order valence-electron chi connectivity index (χ1n) is 10.2. The zero-order valence-electron chi connectivity index (χ0n) is 17.1. The van der Waals surface area contributed by atoms with Gasteiger partial charge < -0.3 is 15.0 Å². The number of benzene rings is 2. The largest absolute Gasteiger partial charge is 0.495 e. The zero-order chi connectivity index (χ0) is 21.4. The summed E-state index contributed by atoms with van der Waals surface area (Å²) in [6, 6.07) is 14.6. The molecule has 5 rings (SSSR count). The lowest BCUT2D eigenvalue weighted by molar-refractivity contribution is -0.117. The molecule has 9 heteroatoms. The standard InChI is InChI=1S/C22H22N6O3/c1-31-18-11-5-3-9-16(18)23-19(29)14-27-22(30)28-17-10-4-2-8-15(17)24-20(21(28)25-27)26-12-6-7-13-26/h2-5,8-11H,6-7,12-14H2,1H3,(H,23,29). The van der Waals surface area contributed by atoms with Gasteiger partial charge in [0.2, 0.25) is 11.6 Å². The van der Waals surface area contributed by atoms with Gasteiger partial charge in [-0.05, 0) is 37.1 Å². The molecule has 0 unspecified atom stereocenters. The Hall–Kier alpha value is -3.88. The topological polar surface area (TPSA) is 93.8 Å². The Morgan fingerprint density at radius 1 is 1.10 bits per heavy atom. The summed E-state index contributed by atoms with van der Waals surface area (Å²) < 4.78 is 8.01. The summed E-state index contributed by atoms with van der Waals surface area (Å²) in [4.78, 5) is 32.8. The third-order valence-corrected chi connectivity index (χ3v) is 5.47. The molecule has 4 aromatic rings. The number of nitrogens with one attached hydrogen (secondary N) is 1. The zero-order valence-corrected chi connectivity index (χ0v) is 17.1. The van der Waals surface area contributed by atoms with Crippen molar-refractivity contribution in [2.75, 3.05) is 30.4 Å². The first-order valence-corrected chi connectivity index (χ1v) is 10.2. The number of para-hydroxylation sites is 4. The Labute approximate surface area is 177 Å². The summed E-state index contributed by atoms with van der Waals surface area (Å²) in [5.74, 6) is 0.858. The van der Waals surface area contributed by atoms with Gasteiger partial charge in [-0.1, -0.05) is 24.3 Å². The number of carbonyl (C=O) groups excluding carboxylic acids is 1. The fourth-order valence-electron chi connectivity index (χ4n) is 4.00. The van der Waals surface area contributed by atoms with E-state index < -0.39 is 0 Å². The molecule has 1 aliphatic rings. The van der Waals surface area contributed by atoms with Gasteiger partial charge in [-0.2, -0.15) is 0 Å². The second-order valence-corrected chi connectivity index (χ2v) is 7.47. The van der Waals surface area contributed by atoms with Crippen LogP contribution >= 0.6 is 0 Å². The Balaban J connectivity index is 1.56. The number of aromatic nitrogens is 4. The van der Waals surface area contributed by atoms with Crippen LogP contribution in [0.25, 0.3) is 16.7 Å². The van der Waals surface area contributed by atoms with Crippen molar-refractivity contribution < 1.29 is 9.53 Å². The number of ether oxygens (including phenoxy) is 1. The van der Waals surface area contributed by atoms with Crippen molar-refractivity contribution in [3.8, 4) is 5.75 Å². The number of carbonyl (C=O) groups is 1. The molecule has 2 aromatic carbocycles. The SMILES string of the molecule is COc1ccccc1NC(=O)Cn1nc2c(N3CCCC3)nc3ccccc3n2c1=O. The molecule has 0 bridgehead atoms. The van der Waals surface area contributed by atoms with E-state index in [2.05, 4.69) is 15.3 Å². The first kappa shape index (κ1) is 19.1. The highest BCUT2D eigenvalue weighted by molar-refractivity contribution is 5.92. The second kappa shape index (κ2) is 7.75. The van der Waals surface area contributed by atoms with Crippen molar-refractivity contribution in [2.45, 2.75) is 19.4 Å². The van der Waals surface area contributed by atoms with Gasteiger partial charge >= 0.3 is 5.69 Å². The molecular formula is C22H22N6O3. The summed E-state index contributed by atoms with van der Waals surface area (Å²) in [5, 5.41) is 7.29. The van der Waals surface area contributed by atoms with E-state index in [1.165, 1.54) is 11.8 Å². The molecular weight excluding hydrogens is 396 g/mol. The van der Waals surface area contributed by atoms with E-state index in [1.54, 1.807) is 22.6 Å².